The molecule has 2 nitrogen and oxygen atoms in total. The molecule has 0 heterocycles. The van der Waals surface area contributed by atoms with Crippen molar-refractivity contribution in [3.05, 3.63) is 63.1 Å². The van der Waals surface area contributed by atoms with Gasteiger partial charge in [-0.1, -0.05) is 17.7 Å². The molecule has 0 aliphatic heterocycles. The third kappa shape index (κ3) is 3.11. The molecule has 0 spiro atoms. The quantitative estimate of drug-likeness (QED) is 0.844. The van der Waals surface area contributed by atoms with E-state index in [1.807, 2.05) is 0 Å². The molecule has 2 rings (SSSR count). The van der Waals surface area contributed by atoms with E-state index in [1.165, 1.54) is 18.2 Å². The van der Waals surface area contributed by atoms with Gasteiger partial charge in [0.2, 0.25) is 0 Å². The predicted octanol–water partition coefficient (Wildman–Crippen LogP) is 4.63. The summed E-state index contributed by atoms with van der Waals surface area (Å²) < 4.78 is 27.0. The molecule has 0 saturated carbocycles. The van der Waals surface area contributed by atoms with Gasteiger partial charge in [-0.15, -0.1) is 0 Å². The average Bonchev–Trinajstić information content (AvgIpc) is 2.33. The maximum absolute atomic E-state index is 13.6. The first-order valence-electron chi connectivity index (χ1n) is 5.19. The fourth-order valence-corrected chi connectivity index (χ4v) is 2.18. The van der Waals surface area contributed by atoms with Crippen LogP contribution in [0.15, 0.2) is 40.9 Å². The molecule has 0 bridgehead atoms. The topological polar surface area (TPSA) is 29.1 Å². The van der Waals surface area contributed by atoms with Crippen LogP contribution in [0.25, 0.3) is 0 Å². The lowest BCUT2D eigenvalue weighted by molar-refractivity contribution is 0.102. The van der Waals surface area contributed by atoms with Gasteiger partial charge in [-0.25, -0.2) is 8.78 Å². The number of carbonyl (C=O) groups is 1. The highest BCUT2D eigenvalue weighted by molar-refractivity contribution is 9.10. The number of hydrogen-bond donors (Lipinski definition) is 1. The van der Waals surface area contributed by atoms with E-state index in [2.05, 4.69) is 21.2 Å². The summed E-state index contributed by atoms with van der Waals surface area (Å²) in [5.74, 6) is -1.94. The first-order valence-corrected chi connectivity index (χ1v) is 6.36. The van der Waals surface area contributed by atoms with Crippen molar-refractivity contribution in [1.82, 2.24) is 0 Å². The molecular weight excluding hydrogens is 340 g/mol. The third-order valence-electron chi connectivity index (χ3n) is 2.37. The Morgan fingerprint density at radius 3 is 2.63 bits per heavy atom. The molecule has 0 aliphatic rings. The molecule has 0 radical (unpaired) electrons. The lowest BCUT2D eigenvalue weighted by Gasteiger charge is -2.09. The highest BCUT2D eigenvalue weighted by atomic mass is 79.9. The normalized spacial score (nSPS) is 10.3. The van der Waals surface area contributed by atoms with Crippen LogP contribution in [0.4, 0.5) is 14.5 Å². The van der Waals surface area contributed by atoms with Crippen LogP contribution in [0.2, 0.25) is 5.02 Å². The molecule has 0 atom stereocenters. The fraction of sp³-hybridized carbons (Fsp3) is 0. The maximum atomic E-state index is 13.6. The Labute approximate surface area is 121 Å². The number of benzene rings is 2. The minimum absolute atomic E-state index is 0.0850. The zero-order valence-corrected chi connectivity index (χ0v) is 11.7. The van der Waals surface area contributed by atoms with E-state index in [1.54, 1.807) is 0 Å². The molecule has 0 unspecified atom stereocenters. The van der Waals surface area contributed by atoms with Gasteiger partial charge >= 0.3 is 0 Å². The Morgan fingerprint density at radius 2 is 1.95 bits per heavy atom. The molecule has 2 aromatic carbocycles. The van der Waals surface area contributed by atoms with Crippen molar-refractivity contribution in [3.63, 3.8) is 0 Å². The Balaban J connectivity index is 2.34. The fourth-order valence-electron chi connectivity index (χ4n) is 1.49. The van der Waals surface area contributed by atoms with E-state index in [4.69, 9.17) is 11.6 Å². The summed E-state index contributed by atoms with van der Waals surface area (Å²) in [7, 11) is 0. The summed E-state index contributed by atoms with van der Waals surface area (Å²) in [6, 6.07) is 7.69. The van der Waals surface area contributed by atoms with Crippen LogP contribution in [-0.2, 0) is 0 Å². The minimum Gasteiger partial charge on any atom is -0.320 e. The van der Waals surface area contributed by atoms with Gasteiger partial charge in [-0.3, -0.25) is 4.79 Å². The molecular formula is C13H7BrClF2NO. The van der Waals surface area contributed by atoms with Crippen LogP contribution in [-0.4, -0.2) is 5.91 Å². The van der Waals surface area contributed by atoms with E-state index < -0.39 is 17.5 Å². The smallest absolute Gasteiger partial charge is 0.259 e. The molecule has 0 aromatic heterocycles. The first kappa shape index (κ1) is 14.0. The predicted molar refractivity (Wildman–Crippen MR) is 73.5 cm³/mol. The highest BCUT2D eigenvalue weighted by Crippen LogP contribution is 2.25. The van der Waals surface area contributed by atoms with Gasteiger partial charge in [-0.05, 0) is 46.3 Å². The largest absolute Gasteiger partial charge is 0.320 e. The number of rotatable bonds is 2. The van der Waals surface area contributed by atoms with E-state index in [0.717, 1.165) is 18.2 Å². The standard InChI is InChI=1S/C13H7BrClF2NO/c14-8-2-1-3-10(17)12(8)13(19)18-11-6-7(16)4-5-9(11)15/h1-6H,(H,18,19). The summed E-state index contributed by atoms with van der Waals surface area (Å²) in [5.41, 5.74) is -0.0790. The van der Waals surface area contributed by atoms with E-state index in [9.17, 15) is 13.6 Å². The van der Waals surface area contributed by atoms with Crippen LogP contribution >= 0.6 is 27.5 Å². The van der Waals surface area contributed by atoms with Gasteiger partial charge in [0.15, 0.2) is 0 Å². The molecule has 1 N–H and O–H groups in total. The Hall–Kier alpha value is -1.46. The Bertz CT molecular complexity index is 628. The summed E-state index contributed by atoms with van der Waals surface area (Å²) >= 11 is 8.91. The van der Waals surface area contributed by atoms with Gasteiger partial charge in [0, 0.05) is 4.47 Å². The van der Waals surface area contributed by atoms with Crippen molar-refractivity contribution < 1.29 is 13.6 Å². The average molecular weight is 347 g/mol. The van der Waals surface area contributed by atoms with Crippen LogP contribution in [0.5, 0.6) is 0 Å². The summed E-state index contributed by atoms with van der Waals surface area (Å²) in [6.45, 7) is 0. The van der Waals surface area contributed by atoms with E-state index in [0.29, 0.717) is 4.47 Å². The Kier molecular flexibility index (Phi) is 4.17. The van der Waals surface area contributed by atoms with Crippen LogP contribution in [0.3, 0.4) is 0 Å². The highest BCUT2D eigenvalue weighted by Gasteiger charge is 2.16. The molecule has 0 saturated heterocycles. The number of amides is 1. The van der Waals surface area contributed by atoms with Crippen molar-refractivity contribution in [2.75, 3.05) is 5.32 Å². The lowest BCUT2D eigenvalue weighted by atomic mass is 10.2. The second kappa shape index (κ2) is 5.67. The van der Waals surface area contributed by atoms with Gasteiger partial charge in [0.05, 0.1) is 16.3 Å². The second-order valence-corrected chi connectivity index (χ2v) is 4.94. The maximum Gasteiger partial charge on any atom is 0.259 e. The van der Waals surface area contributed by atoms with Crippen molar-refractivity contribution >= 4 is 39.1 Å². The van der Waals surface area contributed by atoms with Gasteiger partial charge < -0.3 is 5.32 Å². The molecule has 1 amide bonds. The van der Waals surface area contributed by atoms with Crippen LogP contribution < -0.4 is 5.32 Å². The van der Waals surface area contributed by atoms with Gasteiger partial charge in [-0.2, -0.15) is 0 Å². The zero-order chi connectivity index (χ0) is 14.0. The zero-order valence-electron chi connectivity index (χ0n) is 9.38. The van der Waals surface area contributed by atoms with Crippen molar-refractivity contribution in [1.29, 1.82) is 0 Å². The SMILES string of the molecule is O=C(Nc1cc(F)ccc1Cl)c1c(F)cccc1Br. The molecule has 0 aliphatic carbocycles. The summed E-state index contributed by atoms with van der Waals surface area (Å²) in [4.78, 5) is 12.0. The Morgan fingerprint density at radius 1 is 1.21 bits per heavy atom. The molecule has 0 fully saturated rings. The summed E-state index contributed by atoms with van der Waals surface area (Å²) in [5, 5.41) is 2.54. The van der Waals surface area contributed by atoms with Crippen LogP contribution in [0.1, 0.15) is 10.4 Å². The minimum atomic E-state index is -0.711. The number of nitrogens with one attached hydrogen (secondary N) is 1. The monoisotopic (exact) mass is 345 g/mol. The van der Waals surface area contributed by atoms with Crippen molar-refractivity contribution in [3.8, 4) is 0 Å². The number of halogens is 4. The van der Waals surface area contributed by atoms with E-state index in [-0.39, 0.29) is 16.3 Å². The molecule has 19 heavy (non-hydrogen) atoms. The van der Waals surface area contributed by atoms with E-state index >= 15 is 0 Å². The molecule has 6 heteroatoms. The number of carbonyl (C=O) groups excluding carboxylic acids is 1. The van der Waals surface area contributed by atoms with Crippen molar-refractivity contribution in [2.45, 2.75) is 0 Å². The lowest BCUT2D eigenvalue weighted by Crippen LogP contribution is -2.15. The third-order valence-corrected chi connectivity index (χ3v) is 3.36. The molecule has 2 aromatic rings. The summed E-state index contributed by atoms with van der Waals surface area (Å²) in [6.07, 6.45) is 0. The van der Waals surface area contributed by atoms with Crippen LogP contribution in [0, 0.1) is 11.6 Å². The number of hydrogen-bond acceptors (Lipinski definition) is 1. The second-order valence-electron chi connectivity index (χ2n) is 3.67. The van der Waals surface area contributed by atoms with Gasteiger partial charge in [0.1, 0.15) is 11.6 Å². The van der Waals surface area contributed by atoms with Gasteiger partial charge in [0.25, 0.3) is 5.91 Å². The first-order chi connectivity index (χ1) is 8.99. The molecule has 98 valence electrons. The van der Waals surface area contributed by atoms with Crippen molar-refractivity contribution in [2.24, 2.45) is 0 Å². The number of anilines is 1.